The van der Waals surface area contributed by atoms with Gasteiger partial charge in [0.05, 0.1) is 0 Å². The van der Waals surface area contributed by atoms with E-state index in [-0.39, 0.29) is 0 Å². The number of hydrogen-bond acceptors (Lipinski definition) is 10. The lowest BCUT2D eigenvalue weighted by Gasteiger charge is -2.33. The molecule has 0 saturated carbocycles. The van der Waals surface area contributed by atoms with Crippen LogP contribution in [0.3, 0.4) is 0 Å². The van der Waals surface area contributed by atoms with E-state index in [1.807, 2.05) is 0 Å². The molecule has 0 saturated heterocycles. The minimum absolute atomic E-state index is 0.925. The molecule has 12 heteroatoms. The number of amides is 2. The maximum atomic E-state index is 11.7. The van der Waals surface area contributed by atoms with Crippen molar-refractivity contribution in [2.75, 3.05) is 0 Å². The smallest absolute Gasteiger partial charge is 0.303 e. The Labute approximate surface area is 148 Å². The zero-order valence-electron chi connectivity index (χ0n) is 14.5. The van der Waals surface area contributed by atoms with E-state index in [2.05, 4.69) is 0 Å². The zero-order valence-corrected chi connectivity index (χ0v) is 14.5. The van der Waals surface area contributed by atoms with Crippen molar-refractivity contribution in [1.29, 1.82) is 0 Å². The Morgan fingerprint density at radius 1 is 0.538 bits per heavy atom. The molecule has 0 aromatic carbocycles. The molecule has 26 heavy (non-hydrogen) atoms. The molecule has 0 aromatic rings. The molecule has 0 aliphatic rings. The van der Waals surface area contributed by atoms with Crippen LogP contribution in [0.15, 0.2) is 0 Å². The molecule has 0 aromatic heterocycles. The summed E-state index contributed by atoms with van der Waals surface area (Å²) in [5, 5.41) is 0. The van der Waals surface area contributed by atoms with E-state index in [1.165, 1.54) is 0 Å². The highest BCUT2D eigenvalue weighted by molar-refractivity contribution is 5.85. The molecule has 4 unspecified atom stereocenters. The lowest BCUT2D eigenvalue weighted by Crippen LogP contribution is -2.58. The van der Waals surface area contributed by atoms with Crippen LogP contribution in [-0.2, 0) is 47.7 Å². The molecule has 0 rings (SSSR count). The van der Waals surface area contributed by atoms with Gasteiger partial charge in [0.2, 0.25) is 12.2 Å². The monoisotopic (exact) mass is 376 g/mol. The maximum absolute atomic E-state index is 11.7. The summed E-state index contributed by atoms with van der Waals surface area (Å²) in [7, 11) is 0. The van der Waals surface area contributed by atoms with Gasteiger partial charge in [-0.1, -0.05) is 0 Å². The van der Waals surface area contributed by atoms with E-state index in [0.29, 0.717) is 0 Å². The van der Waals surface area contributed by atoms with Crippen molar-refractivity contribution < 1.29 is 47.7 Å². The molecule has 0 spiro atoms. The number of carbonyl (C=O) groups is 6. The second kappa shape index (κ2) is 9.96. The summed E-state index contributed by atoms with van der Waals surface area (Å²) < 4.78 is 19.1. The Morgan fingerprint density at radius 2 is 0.769 bits per heavy atom. The minimum atomic E-state index is -1.96. The van der Waals surface area contributed by atoms with Gasteiger partial charge in [-0.15, -0.1) is 0 Å². The molecular weight excluding hydrogens is 356 g/mol. The first kappa shape index (κ1) is 22.8. The molecule has 2 amide bonds. The molecule has 0 fully saturated rings. The Hall–Kier alpha value is -3.18. The molecule has 0 aliphatic heterocycles. The van der Waals surface area contributed by atoms with Crippen LogP contribution in [0.25, 0.3) is 0 Å². The van der Waals surface area contributed by atoms with Crippen molar-refractivity contribution >= 4 is 35.7 Å². The average Bonchev–Trinajstić information content (AvgIpc) is 2.44. The van der Waals surface area contributed by atoms with Crippen LogP contribution < -0.4 is 11.5 Å². The maximum Gasteiger partial charge on any atom is 0.303 e. The Bertz CT molecular complexity index is 551. The highest BCUT2D eigenvalue weighted by Gasteiger charge is 2.47. The second-order valence-corrected chi connectivity index (χ2v) is 5.01. The topological polar surface area (TPSA) is 191 Å². The van der Waals surface area contributed by atoms with Crippen LogP contribution in [0.5, 0.6) is 0 Å². The predicted molar refractivity (Wildman–Crippen MR) is 80.6 cm³/mol. The van der Waals surface area contributed by atoms with Crippen molar-refractivity contribution in [3.8, 4) is 0 Å². The number of primary amides is 2. The third-order valence-corrected chi connectivity index (χ3v) is 2.67. The molecule has 4 atom stereocenters. The van der Waals surface area contributed by atoms with Gasteiger partial charge in [0.1, 0.15) is 0 Å². The summed E-state index contributed by atoms with van der Waals surface area (Å²) >= 11 is 0. The molecule has 0 radical (unpaired) electrons. The van der Waals surface area contributed by atoms with Crippen LogP contribution in [0.4, 0.5) is 0 Å². The van der Waals surface area contributed by atoms with E-state index in [0.717, 1.165) is 27.7 Å². The van der Waals surface area contributed by atoms with Crippen LogP contribution >= 0.6 is 0 Å². The Balaban J connectivity index is 6.20. The van der Waals surface area contributed by atoms with Gasteiger partial charge in [-0.3, -0.25) is 28.8 Å². The van der Waals surface area contributed by atoms with Gasteiger partial charge in [0.25, 0.3) is 11.8 Å². The lowest BCUT2D eigenvalue weighted by molar-refractivity contribution is -0.199. The van der Waals surface area contributed by atoms with Crippen molar-refractivity contribution in [3.63, 3.8) is 0 Å². The third kappa shape index (κ3) is 7.59. The van der Waals surface area contributed by atoms with Gasteiger partial charge in [-0.2, -0.15) is 0 Å². The molecule has 0 aliphatic carbocycles. The van der Waals surface area contributed by atoms with Crippen molar-refractivity contribution in [2.24, 2.45) is 11.5 Å². The first-order chi connectivity index (χ1) is 11.9. The van der Waals surface area contributed by atoms with Crippen molar-refractivity contribution in [1.82, 2.24) is 0 Å². The lowest BCUT2D eigenvalue weighted by atomic mass is 10.0. The number of rotatable bonds is 9. The zero-order chi connectivity index (χ0) is 20.6. The Morgan fingerprint density at radius 3 is 0.923 bits per heavy atom. The van der Waals surface area contributed by atoms with E-state index in [9.17, 15) is 28.8 Å². The number of nitrogens with two attached hydrogens (primary N) is 2. The fourth-order valence-electron chi connectivity index (χ4n) is 1.92. The minimum Gasteiger partial charge on any atom is -0.454 e. The van der Waals surface area contributed by atoms with E-state index in [1.54, 1.807) is 0 Å². The quantitative estimate of drug-likeness (QED) is 0.326. The normalized spacial score (nSPS) is 14.8. The summed E-state index contributed by atoms with van der Waals surface area (Å²) in [6.07, 6.45) is -7.74. The molecular formula is C14H20N2O10. The fourth-order valence-corrected chi connectivity index (χ4v) is 1.92. The van der Waals surface area contributed by atoms with Gasteiger partial charge in [-0.25, -0.2) is 0 Å². The van der Waals surface area contributed by atoms with Crippen molar-refractivity contribution in [3.05, 3.63) is 0 Å². The van der Waals surface area contributed by atoms with E-state index in [4.69, 9.17) is 30.4 Å². The highest BCUT2D eigenvalue weighted by Crippen LogP contribution is 2.19. The number of hydrogen-bond donors (Lipinski definition) is 2. The number of carbonyl (C=O) groups excluding carboxylic acids is 6. The second-order valence-electron chi connectivity index (χ2n) is 5.01. The molecule has 12 nitrogen and oxygen atoms in total. The molecule has 0 heterocycles. The van der Waals surface area contributed by atoms with Crippen LogP contribution in [0.2, 0.25) is 0 Å². The van der Waals surface area contributed by atoms with Gasteiger partial charge in [0.15, 0.2) is 12.2 Å². The first-order valence-electron chi connectivity index (χ1n) is 7.14. The van der Waals surface area contributed by atoms with Gasteiger partial charge < -0.3 is 30.4 Å². The van der Waals surface area contributed by atoms with Gasteiger partial charge >= 0.3 is 23.9 Å². The highest BCUT2D eigenvalue weighted by atomic mass is 16.6. The number of ether oxygens (including phenoxy) is 4. The summed E-state index contributed by atoms with van der Waals surface area (Å²) in [6, 6.07) is 0. The largest absolute Gasteiger partial charge is 0.454 e. The van der Waals surface area contributed by atoms with Crippen LogP contribution in [0, 0.1) is 0 Å². The standard InChI is InChI=1S/C14H20N2O10/c1-5(17)23-9(11(13(15)21)25-7(3)19)10(24-6(2)18)12(14(16)22)26-8(4)20/h9-12H,1-4H3,(H2,15,21)(H2,16,22). The Kier molecular flexibility index (Phi) is 8.74. The SMILES string of the molecule is CC(=O)OC(C(N)=O)C(OC(C)=O)C(OC(C)=O)C(OC(C)=O)C(N)=O. The molecule has 146 valence electrons. The van der Waals surface area contributed by atoms with Crippen molar-refractivity contribution in [2.45, 2.75) is 52.1 Å². The number of esters is 4. The first-order valence-corrected chi connectivity index (χ1v) is 7.14. The van der Waals surface area contributed by atoms with Crippen LogP contribution in [-0.4, -0.2) is 60.1 Å². The summed E-state index contributed by atoms with van der Waals surface area (Å²) in [4.78, 5) is 68.5. The average molecular weight is 376 g/mol. The van der Waals surface area contributed by atoms with Gasteiger partial charge in [0, 0.05) is 27.7 Å². The van der Waals surface area contributed by atoms with Gasteiger partial charge in [-0.05, 0) is 0 Å². The van der Waals surface area contributed by atoms with E-state index < -0.39 is 60.1 Å². The predicted octanol–water partition coefficient (Wildman–Crippen LogP) is -2.32. The molecule has 4 N–H and O–H groups in total. The summed E-state index contributed by atoms with van der Waals surface area (Å²) in [5.74, 6) is -6.55. The van der Waals surface area contributed by atoms with E-state index >= 15 is 0 Å². The van der Waals surface area contributed by atoms with Crippen LogP contribution in [0.1, 0.15) is 27.7 Å². The fraction of sp³-hybridized carbons (Fsp3) is 0.571. The summed E-state index contributed by atoms with van der Waals surface area (Å²) in [5.41, 5.74) is 10.3. The summed E-state index contributed by atoms with van der Waals surface area (Å²) in [6.45, 7) is 3.71. The molecule has 0 bridgehead atoms. The third-order valence-electron chi connectivity index (χ3n) is 2.67.